The molecule has 0 saturated heterocycles. The largest absolute Gasteiger partial charge is 0.392 e. The molecule has 6 heteroatoms. The molecule has 0 atom stereocenters. The Labute approximate surface area is 106 Å². The number of hydrogen-bond acceptors (Lipinski definition) is 3. The molecule has 1 fully saturated rings. The maximum atomic E-state index is 13.1. The minimum absolute atomic E-state index is 0.0104. The van der Waals surface area contributed by atoms with Crippen molar-refractivity contribution in [3.63, 3.8) is 0 Å². The fourth-order valence-electron chi connectivity index (χ4n) is 1.73. The summed E-state index contributed by atoms with van der Waals surface area (Å²) in [6.07, 6.45) is 3.19. The first-order valence-electron chi connectivity index (χ1n) is 5.92. The fourth-order valence-corrected chi connectivity index (χ4v) is 2.82. The van der Waals surface area contributed by atoms with Crippen LogP contribution >= 0.6 is 0 Å². The Morgan fingerprint density at radius 1 is 1.39 bits per heavy atom. The van der Waals surface area contributed by atoms with E-state index in [1.54, 1.807) is 0 Å². The lowest BCUT2D eigenvalue weighted by molar-refractivity contribution is 0.275. The minimum Gasteiger partial charge on any atom is -0.392 e. The first kappa shape index (κ1) is 13.5. The third kappa shape index (κ3) is 3.28. The van der Waals surface area contributed by atoms with Crippen molar-refractivity contribution in [2.24, 2.45) is 5.92 Å². The highest BCUT2D eigenvalue weighted by atomic mass is 32.2. The van der Waals surface area contributed by atoms with E-state index >= 15 is 0 Å². The quantitative estimate of drug-likeness (QED) is 0.823. The molecule has 1 aromatic rings. The molecular formula is C12H16FNO3S. The predicted octanol–water partition coefficient (Wildman–Crippen LogP) is 1.40. The van der Waals surface area contributed by atoms with Gasteiger partial charge in [0, 0.05) is 12.1 Å². The molecule has 1 aromatic carbocycles. The van der Waals surface area contributed by atoms with Gasteiger partial charge in [0.2, 0.25) is 10.0 Å². The Balaban J connectivity index is 2.07. The molecule has 18 heavy (non-hydrogen) atoms. The SMILES string of the molecule is O=S(=O)(NCCC1CC1)c1ccc(F)c(CO)c1. The Kier molecular flexibility index (Phi) is 3.99. The Bertz CT molecular complexity index is 526. The van der Waals surface area contributed by atoms with Crippen LogP contribution in [0.3, 0.4) is 0 Å². The minimum atomic E-state index is -3.61. The highest BCUT2D eigenvalue weighted by Gasteiger charge is 2.22. The summed E-state index contributed by atoms with van der Waals surface area (Å²) in [4.78, 5) is -0.0104. The van der Waals surface area contributed by atoms with Gasteiger partial charge in [-0.25, -0.2) is 17.5 Å². The Hall–Kier alpha value is -0.980. The third-order valence-electron chi connectivity index (χ3n) is 3.04. The van der Waals surface area contributed by atoms with Gasteiger partial charge in [-0.2, -0.15) is 0 Å². The van der Waals surface area contributed by atoms with Gasteiger partial charge in [-0.3, -0.25) is 0 Å². The van der Waals surface area contributed by atoms with Gasteiger partial charge < -0.3 is 5.11 Å². The predicted molar refractivity (Wildman–Crippen MR) is 64.9 cm³/mol. The van der Waals surface area contributed by atoms with Crippen LogP contribution in [0.2, 0.25) is 0 Å². The second kappa shape index (κ2) is 5.34. The normalized spacial score (nSPS) is 15.9. The van der Waals surface area contributed by atoms with Crippen LogP contribution in [0.1, 0.15) is 24.8 Å². The number of aliphatic hydroxyl groups excluding tert-OH is 1. The van der Waals surface area contributed by atoms with Crippen molar-refractivity contribution in [2.45, 2.75) is 30.8 Å². The van der Waals surface area contributed by atoms with Crippen LogP contribution < -0.4 is 4.72 Å². The van der Waals surface area contributed by atoms with Crippen molar-refractivity contribution in [1.29, 1.82) is 0 Å². The second-order valence-corrected chi connectivity index (χ2v) is 6.31. The summed E-state index contributed by atoms with van der Waals surface area (Å²) in [5.41, 5.74) is -0.0138. The van der Waals surface area contributed by atoms with E-state index in [-0.39, 0.29) is 10.5 Å². The van der Waals surface area contributed by atoms with Crippen molar-refractivity contribution in [3.8, 4) is 0 Å². The molecule has 0 radical (unpaired) electrons. The summed E-state index contributed by atoms with van der Waals surface area (Å²) in [5, 5.41) is 8.91. The standard InChI is InChI=1S/C12H16FNO3S/c13-12-4-3-11(7-10(12)8-15)18(16,17)14-6-5-9-1-2-9/h3-4,7,9,14-15H,1-2,5-6,8H2. The Morgan fingerprint density at radius 2 is 2.11 bits per heavy atom. The smallest absolute Gasteiger partial charge is 0.240 e. The maximum absolute atomic E-state index is 13.1. The number of aliphatic hydroxyl groups is 1. The van der Waals surface area contributed by atoms with E-state index in [2.05, 4.69) is 4.72 Å². The van der Waals surface area contributed by atoms with Crippen LogP contribution in [0.25, 0.3) is 0 Å². The van der Waals surface area contributed by atoms with Crippen LogP contribution in [0, 0.1) is 11.7 Å². The highest BCUT2D eigenvalue weighted by molar-refractivity contribution is 7.89. The fraction of sp³-hybridized carbons (Fsp3) is 0.500. The monoisotopic (exact) mass is 273 g/mol. The topological polar surface area (TPSA) is 66.4 Å². The maximum Gasteiger partial charge on any atom is 0.240 e. The molecule has 0 heterocycles. The molecule has 4 nitrogen and oxygen atoms in total. The van der Waals surface area contributed by atoms with Crippen LogP contribution in [0.5, 0.6) is 0 Å². The number of halogens is 1. The van der Waals surface area contributed by atoms with E-state index in [1.807, 2.05) is 0 Å². The van der Waals surface area contributed by atoms with Gasteiger partial charge in [0.05, 0.1) is 11.5 Å². The lowest BCUT2D eigenvalue weighted by Crippen LogP contribution is -2.25. The third-order valence-corrected chi connectivity index (χ3v) is 4.50. The summed E-state index contributed by atoms with van der Waals surface area (Å²) in [5.74, 6) is 0.0448. The zero-order valence-electron chi connectivity index (χ0n) is 9.89. The molecule has 0 aliphatic heterocycles. The summed E-state index contributed by atoms with van der Waals surface area (Å²) in [6.45, 7) is -0.115. The first-order chi connectivity index (χ1) is 8.53. The second-order valence-electron chi connectivity index (χ2n) is 4.54. The molecule has 1 aliphatic carbocycles. The van der Waals surface area contributed by atoms with Crippen molar-refractivity contribution in [3.05, 3.63) is 29.6 Å². The number of hydrogen-bond donors (Lipinski definition) is 2. The average Bonchev–Trinajstić information content (AvgIpc) is 3.13. The summed E-state index contributed by atoms with van der Waals surface area (Å²) in [7, 11) is -3.61. The zero-order valence-corrected chi connectivity index (χ0v) is 10.7. The van der Waals surface area contributed by atoms with E-state index in [1.165, 1.54) is 18.9 Å². The molecule has 2 N–H and O–H groups in total. The van der Waals surface area contributed by atoms with E-state index < -0.39 is 22.4 Å². The number of sulfonamides is 1. The molecule has 0 unspecified atom stereocenters. The highest BCUT2D eigenvalue weighted by Crippen LogP contribution is 2.31. The van der Waals surface area contributed by atoms with Crippen LogP contribution in [0.4, 0.5) is 4.39 Å². The molecule has 0 aromatic heterocycles. The van der Waals surface area contributed by atoms with Crippen molar-refractivity contribution >= 4 is 10.0 Å². The molecule has 0 spiro atoms. The Morgan fingerprint density at radius 3 is 2.72 bits per heavy atom. The molecular weight excluding hydrogens is 257 g/mol. The molecule has 2 rings (SSSR count). The van der Waals surface area contributed by atoms with Gasteiger partial charge in [-0.05, 0) is 30.5 Å². The van der Waals surface area contributed by atoms with Gasteiger partial charge in [-0.15, -0.1) is 0 Å². The van der Waals surface area contributed by atoms with Gasteiger partial charge in [0.15, 0.2) is 0 Å². The van der Waals surface area contributed by atoms with Crippen molar-refractivity contribution in [1.82, 2.24) is 4.72 Å². The average molecular weight is 273 g/mol. The molecule has 1 aliphatic rings. The van der Waals surface area contributed by atoms with Crippen LogP contribution in [0.15, 0.2) is 23.1 Å². The van der Waals surface area contributed by atoms with Gasteiger partial charge in [0.1, 0.15) is 5.82 Å². The van der Waals surface area contributed by atoms with E-state index in [0.717, 1.165) is 18.6 Å². The van der Waals surface area contributed by atoms with E-state index in [4.69, 9.17) is 5.11 Å². The molecule has 100 valence electrons. The molecule has 1 saturated carbocycles. The number of rotatable bonds is 6. The number of benzene rings is 1. The van der Waals surface area contributed by atoms with E-state index in [9.17, 15) is 12.8 Å². The molecule has 0 amide bonds. The van der Waals surface area contributed by atoms with Crippen LogP contribution in [-0.4, -0.2) is 20.1 Å². The summed E-state index contributed by atoms with van der Waals surface area (Å²) < 4.78 is 39.4. The zero-order chi connectivity index (χ0) is 13.2. The lowest BCUT2D eigenvalue weighted by atomic mass is 10.2. The lowest BCUT2D eigenvalue weighted by Gasteiger charge is -2.08. The van der Waals surface area contributed by atoms with Gasteiger partial charge in [-0.1, -0.05) is 12.8 Å². The van der Waals surface area contributed by atoms with Crippen molar-refractivity contribution in [2.75, 3.05) is 6.54 Å². The van der Waals surface area contributed by atoms with E-state index in [0.29, 0.717) is 12.5 Å². The van der Waals surface area contributed by atoms with Crippen molar-refractivity contribution < 1.29 is 17.9 Å². The number of nitrogens with one attached hydrogen (secondary N) is 1. The van der Waals surface area contributed by atoms with Gasteiger partial charge >= 0.3 is 0 Å². The first-order valence-corrected chi connectivity index (χ1v) is 7.40. The van der Waals surface area contributed by atoms with Crippen LogP contribution in [-0.2, 0) is 16.6 Å². The van der Waals surface area contributed by atoms with Gasteiger partial charge in [0.25, 0.3) is 0 Å². The molecule has 0 bridgehead atoms. The summed E-state index contributed by atoms with van der Waals surface area (Å²) >= 11 is 0. The summed E-state index contributed by atoms with van der Waals surface area (Å²) in [6, 6.07) is 3.42.